The Bertz CT molecular complexity index is 114. The van der Waals surface area contributed by atoms with Crippen LogP contribution in [0.15, 0.2) is 0 Å². The van der Waals surface area contributed by atoms with Crippen molar-refractivity contribution in [3.05, 3.63) is 0 Å². The Kier molecular flexibility index (Phi) is 7.10. The van der Waals surface area contributed by atoms with Crippen molar-refractivity contribution in [2.24, 2.45) is 0 Å². The SMILES string of the molecule is F[CH](F)[Sn]([CH](F)F)[C](F)(F)F.[GeH3]. The van der Waals surface area contributed by atoms with E-state index in [-0.39, 0.29) is 17.6 Å². The molecule has 0 saturated heterocycles. The second-order valence-electron chi connectivity index (χ2n) is 1.55. The summed E-state index contributed by atoms with van der Waals surface area (Å²) in [5, 5.41) is 0. The number of rotatable bonds is 2. The molecule has 0 N–H and O–H groups in total. The van der Waals surface area contributed by atoms with Gasteiger partial charge in [-0.1, -0.05) is 0 Å². The molecule has 0 fully saturated rings. The minimum atomic E-state index is -5.82. The van der Waals surface area contributed by atoms with Crippen LogP contribution in [-0.4, -0.2) is 50.4 Å². The molecule has 0 saturated carbocycles. The molecule has 0 nitrogen and oxygen atoms in total. The molecule has 9 heteroatoms. The average molecular weight is 365 g/mol. The minimum absolute atomic E-state index is 0. The third-order valence-electron chi connectivity index (χ3n) is 0.798. The first-order chi connectivity index (χ1) is 4.76. The van der Waals surface area contributed by atoms with Crippen molar-refractivity contribution in [1.82, 2.24) is 0 Å². The van der Waals surface area contributed by atoms with Gasteiger partial charge < -0.3 is 0 Å². The van der Waals surface area contributed by atoms with Gasteiger partial charge in [0.25, 0.3) is 0 Å². The zero-order valence-corrected chi connectivity index (χ0v) is 12.9. The Morgan fingerprint density at radius 2 is 1.08 bits per heavy atom. The van der Waals surface area contributed by atoms with Crippen molar-refractivity contribution in [2.75, 3.05) is 0 Å². The van der Waals surface area contributed by atoms with Crippen LogP contribution in [0.1, 0.15) is 0 Å². The predicted octanol–water partition coefficient (Wildman–Crippen LogP) is 1.01. The van der Waals surface area contributed by atoms with Crippen LogP contribution in [0.3, 0.4) is 0 Å². The molecule has 0 aromatic rings. The van der Waals surface area contributed by atoms with E-state index < -0.39 is 32.8 Å². The summed E-state index contributed by atoms with van der Waals surface area (Å²) in [4.78, 5) is 0. The van der Waals surface area contributed by atoms with E-state index in [9.17, 15) is 30.7 Å². The molecule has 0 aliphatic carbocycles. The zero-order valence-electron chi connectivity index (χ0n) is 5.80. The number of hydrogen-bond donors (Lipinski definition) is 0. The fourth-order valence-electron chi connectivity index (χ4n) is 0.343. The molecule has 74 valence electrons. The molecule has 2 radical (unpaired) electrons. The number of hydrogen-bond acceptors (Lipinski definition) is 0. The summed E-state index contributed by atoms with van der Waals surface area (Å²) in [6, 6.07) is 0. The summed E-state index contributed by atoms with van der Waals surface area (Å²) in [6.07, 6.45) is 0. The van der Waals surface area contributed by atoms with Crippen molar-refractivity contribution in [3.63, 3.8) is 0 Å². The molecule has 0 aromatic carbocycles. The quantitative estimate of drug-likeness (QED) is 0.506. The third kappa shape index (κ3) is 4.77. The Morgan fingerprint density at radius 1 is 0.833 bits per heavy atom. The van der Waals surface area contributed by atoms with Crippen LogP contribution in [0, 0.1) is 0 Å². The molecule has 0 spiro atoms. The van der Waals surface area contributed by atoms with Gasteiger partial charge in [-0.3, -0.25) is 0 Å². The monoisotopic (exact) mass is 368 g/mol. The molecule has 12 heavy (non-hydrogen) atoms. The van der Waals surface area contributed by atoms with Crippen LogP contribution < -0.4 is 0 Å². The van der Waals surface area contributed by atoms with E-state index in [0.717, 1.165) is 0 Å². The first kappa shape index (κ1) is 15.3. The van der Waals surface area contributed by atoms with Crippen molar-refractivity contribution >= 4 is 37.4 Å². The molecular weight excluding hydrogens is 360 g/mol. The summed E-state index contributed by atoms with van der Waals surface area (Å²) in [5.41, 5.74) is 0. The molecule has 0 aliphatic rings. The van der Waals surface area contributed by atoms with Crippen LogP contribution >= 0.6 is 0 Å². The van der Waals surface area contributed by atoms with Gasteiger partial charge in [0.05, 0.1) is 0 Å². The van der Waals surface area contributed by atoms with Gasteiger partial charge >= 0.3 is 81.2 Å². The number of alkyl halides is 7. The van der Waals surface area contributed by atoms with E-state index >= 15 is 0 Å². The Morgan fingerprint density at radius 3 is 1.08 bits per heavy atom. The molecule has 0 bridgehead atoms. The van der Waals surface area contributed by atoms with Crippen molar-refractivity contribution < 1.29 is 30.7 Å². The summed E-state index contributed by atoms with van der Waals surface area (Å²) in [6.45, 7) is 0. The van der Waals surface area contributed by atoms with E-state index in [0.29, 0.717) is 0 Å². The van der Waals surface area contributed by atoms with E-state index in [1.54, 1.807) is 0 Å². The van der Waals surface area contributed by atoms with Crippen molar-refractivity contribution in [3.8, 4) is 0 Å². The molecule has 0 aliphatic heterocycles. The van der Waals surface area contributed by atoms with E-state index in [2.05, 4.69) is 0 Å². The van der Waals surface area contributed by atoms with Crippen molar-refractivity contribution in [1.29, 1.82) is 0 Å². The predicted molar refractivity (Wildman–Crippen MR) is 33.8 cm³/mol. The normalized spacial score (nSPS) is 12.5. The topological polar surface area (TPSA) is 0 Å². The summed E-state index contributed by atoms with van der Waals surface area (Å²) < 4.78 is 66.3. The molecule has 0 heterocycles. The molecule has 0 aromatic heterocycles. The molecular formula is C3H5F7GeSn. The van der Waals surface area contributed by atoms with Gasteiger partial charge in [0.1, 0.15) is 0 Å². The fraction of sp³-hybridized carbons (Fsp3) is 1.00. The fourth-order valence-corrected chi connectivity index (χ4v) is 2.30. The van der Waals surface area contributed by atoms with E-state index in [4.69, 9.17) is 0 Å². The maximum absolute atomic E-state index is 11.3. The Labute approximate surface area is 81.2 Å². The summed E-state index contributed by atoms with van der Waals surface area (Å²) in [5.74, 6) is 0. The number of halogens is 7. The zero-order chi connectivity index (χ0) is 9.23. The first-order valence-electron chi connectivity index (χ1n) is 2.27. The second-order valence-corrected chi connectivity index (χ2v) is 8.26. The van der Waals surface area contributed by atoms with Gasteiger partial charge in [-0.05, 0) is 0 Å². The molecule has 0 rings (SSSR count). The van der Waals surface area contributed by atoms with Crippen LogP contribution in [0.5, 0.6) is 0 Å². The van der Waals surface area contributed by atoms with E-state index in [1.165, 1.54) is 0 Å². The van der Waals surface area contributed by atoms with Crippen LogP contribution in [-0.2, 0) is 0 Å². The van der Waals surface area contributed by atoms with Gasteiger partial charge in [0.15, 0.2) is 0 Å². The molecule has 0 amide bonds. The maximum atomic E-state index is 11.3. The molecule has 0 unspecified atom stereocenters. The first-order valence-corrected chi connectivity index (χ1v) is 6.99. The van der Waals surface area contributed by atoms with Gasteiger partial charge in [-0.2, -0.15) is 0 Å². The second kappa shape index (κ2) is 5.55. The standard InChI is InChI=1S/CF3.2CHF2.GeH3.Sn/c2-1(3)4;2*2-1-3;;/h;2*1H;1H3;. The van der Waals surface area contributed by atoms with Gasteiger partial charge in [-0.25, -0.2) is 0 Å². The van der Waals surface area contributed by atoms with Crippen LogP contribution in [0.4, 0.5) is 30.7 Å². The van der Waals surface area contributed by atoms with Crippen LogP contribution in [0.2, 0.25) is 0 Å². The Hall–Kier alpha value is 0.852. The summed E-state index contributed by atoms with van der Waals surface area (Å²) >= 11 is -5.82. The molecule has 0 atom stereocenters. The summed E-state index contributed by atoms with van der Waals surface area (Å²) in [7, 11) is 0. The van der Waals surface area contributed by atoms with Gasteiger partial charge in [-0.15, -0.1) is 0 Å². The van der Waals surface area contributed by atoms with Crippen molar-refractivity contribution in [2.45, 2.75) is 13.1 Å². The van der Waals surface area contributed by atoms with E-state index in [1.807, 2.05) is 0 Å². The van der Waals surface area contributed by atoms with Crippen LogP contribution in [0.25, 0.3) is 0 Å². The van der Waals surface area contributed by atoms with Gasteiger partial charge in [0, 0.05) is 0 Å². The average Bonchev–Trinajstić information content (AvgIpc) is 1.54. The third-order valence-corrected chi connectivity index (χ3v) is 5.35. The van der Waals surface area contributed by atoms with Gasteiger partial charge in [0.2, 0.25) is 0 Å². The Balaban J connectivity index is 0.